The topological polar surface area (TPSA) is 27.3 Å². The molecule has 2 N–H and O–H groups in total. The first-order valence-corrected chi connectivity index (χ1v) is 10.3. The number of rotatable bonds is 5. The predicted octanol–water partition coefficient (Wildman–Crippen LogP) is 4.89. The quantitative estimate of drug-likeness (QED) is 0.717. The van der Waals surface area contributed by atoms with Gasteiger partial charge in [0, 0.05) is 23.7 Å². The summed E-state index contributed by atoms with van der Waals surface area (Å²) in [6.45, 7) is 16.8. The maximum atomic E-state index is 5.90. The maximum Gasteiger partial charge on any atom is 0.169 e. The highest BCUT2D eigenvalue weighted by Crippen LogP contribution is 2.29. The summed E-state index contributed by atoms with van der Waals surface area (Å²) in [6, 6.07) is 11.3. The highest BCUT2D eigenvalue weighted by Gasteiger charge is 2.38. The van der Waals surface area contributed by atoms with E-state index in [1.807, 2.05) is 0 Å². The van der Waals surface area contributed by atoms with Crippen molar-refractivity contribution in [1.29, 1.82) is 0 Å². The van der Waals surface area contributed by atoms with Crippen molar-refractivity contribution in [2.24, 2.45) is 5.92 Å². The van der Waals surface area contributed by atoms with Crippen LogP contribution in [0.1, 0.15) is 72.9 Å². The van der Waals surface area contributed by atoms with Gasteiger partial charge in [-0.15, -0.1) is 0 Å². The van der Waals surface area contributed by atoms with Crippen LogP contribution in [0.2, 0.25) is 0 Å². The number of hydrogen-bond donors (Lipinski definition) is 2. The van der Waals surface area contributed by atoms with E-state index in [0.717, 1.165) is 24.5 Å². The smallest absolute Gasteiger partial charge is 0.169 e. The summed E-state index contributed by atoms with van der Waals surface area (Å²) in [5, 5.41) is 8.33. The van der Waals surface area contributed by atoms with Crippen molar-refractivity contribution >= 4 is 17.3 Å². The van der Waals surface area contributed by atoms with Crippen LogP contribution >= 0.6 is 12.2 Å². The molecule has 1 aromatic rings. The van der Waals surface area contributed by atoms with Crippen LogP contribution in [0.3, 0.4) is 0 Å². The lowest BCUT2D eigenvalue weighted by atomic mass is 9.80. The zero-order valence-corrected chi connectivity index (χ0v) is 18.4. The van der Waals surface area contributed by atoms with Crippen LogP contribution < -0.4 is 10.6 Å². The van der Waals surface area contributed by atoms with Gasteiger partial charge in [0.25, 0.3) is 0 Å². The SMILES string of the molecule is CC(C)CN(C(=S)NC1CC(C)(C)NC(C)(C)C1)C(C)c1ccccc1. The van der Waals surface area contributed by atoms with Gasteiger partial charge in [-0.3, -0.25) is 0 Å². The molecule has 3 nitrogen and oxygen atoms in total. The van der Waals surface area contributed by atoms with Crippen molar-refractivity contribution in [2.75, 3.05) is 6.54 Å². The molecular formula is C22H37N3S. The summed E-state index contributed by atoms with van der Waals surface area (Å²) in [5.41, 5.74) is 1.54. The predicted molar refractivity (Wildman–Crippen MR) is 116 cm³/mol. The van der Waals surface area contributed by atoms with Crippen LogP contribution in [0.15, 0.2) is 30.3 Å². The van der Waals surface area contributed by atoms with E-state index < -0.39 is 0 Å². The minimum atomic E-state index is 0.114. The molecule has 4 heteroatoms. The van der Waals surface area contributed by atoms with E-state index in [9.17, 15) is 0 Å². The summed E-state index contributed by atoms with van der Waals surface area (Å²) >= 11 is 5.90. The average molecular weight is 376 g/mol. The Morgan fingerprint density at radius 3 is 2.15 bits per heavy atom. The fourth-order valence-electron chi connectivity index (χ4n) is 4.40. The molecule has 1 atom stereocenters. The second-order valence-electron chi connectivity index (χ2n) is 9.58. The van der Waals surface area contributed by atoms with Gasteiger partial charge < -0.3 is 15.5 Å². The van der Waals surface area contributed by atoms with Crippen molar-refractivity contribution < 1.29 is 0 Å². The summed E-state index contributed by atoms with van der Waals surface area (Å²) in [7, 11) is 0. The molecule has 1 aliphatic rings. The van der Waals surface area contributed by atoms with Crippen molar-refractivity contribution in [3.05, 3.63) is 35.9 Å². The number of nitrogens with zero attached hydrogens (tertiary/aromatic N) is 1. The van der Waals surface area contributed by atoms with Gasteiger partial charge in [0.15, 0.2) is 5.11 Å². The fraction of sp³-hybridized carbons (Fsp3) is 0.682. The molecule has 1 unspecified atom stereocenters. The van der Waals surface area contributed by atoms with E-state index in [0.29, 0.717) is 12.0 Å². The first-order valence-electron chi connectivity index (χ1n) is 9.90. The monoisotopic (exact) mass is 375 g/mol. The van der Waals surface area contributed by atoms with Crippen LogP contribution in [0.4, 0.5) is 0 Å². The summed E-state index contributed by atoms with van der Waals surface area (Å²) in [6.07, 6.45) is 2.15. The van der Waals surface area contributed by atoms with E-state index in [2.05, 4.69) is 94.3 Å². The van der Waals surface area contributed by atoms with Gasteiger partial charge >= 0.3 is 0 Å². The first-order chi connectivity index (χ1) is 12.0. The van der Waals surface area contributed by atoms with Gasteiger partial charge in [0.05, 0.1) is 6.04 Å². The minimum Gasteiger partial charge on any atom is -0.360 e. The third-order valence-electron chi connectivity index (χ3n) is 5.09. The van der Waals surface area contributed by atoms with Crippen LogP contribution in [-0.2, 0) is 0 Å². The molecule has 1 heterocycles. The molecule has 146 valence electrons. The Bertz CT molecular complexity index is 579. The Hall–Kier alpha value is -1.13. The zero-order valence-electron chi connectivity index (χ0n) is 17.6. The highest BCUT2D eigenvalue weighted by molar-refractivity contribution is 7.80. The molecular weight excluding hydrogens is 338 g/mol. The molecule has 0 radical (unpaired) electrons. The third kappa shape index (κ3) is 5.95. The van der Waals surface area contributed by atoms with Crippen LogP contribution in [-0.4, -0.2) is 33.7 Å². The number of benzene rings is 1. The average Bonchev–Trinajstić information content (AvgIpc) is 2.49. The van der Waals surface area contributed by atoms with Gasteiger partial charge in [-0.05, 0) is 71.2 Å². The van der Waals surface area contributed by atoms with E-state index in [1.165, 1.54) is 5.56 Å². The van der Waals surface area contributed by atoms with Gasteiger partial charge in [-0.1, -0.05) is 44.2 Å². The number of nitrogens with one attached hydrogen (secondary N) is 2. The normalized spacial score (nSPS) is 20.6. The van der Waals surface area contributed by atoms with Crippen LogP contribution in [0, 0.1) is 5.92 Å². The number of hydrogen-bond acceptors (Lipinski definition) is 2. The standard InChI is InChI=1S/C22H37N3S/c1-16(2)15-25(17(3)18-11-9-8-10-12-18)20(26)23-19-13-21(4,5)24-22(6,7)14-19/h8-12,16-17,19,24H,13-15H2,1-7H3,(H,23,26). The third-order valence-corrected chi connectivity index (χ3v) is 5.44. The molecule has 1 fully saturated rings. The molecule has 0 bridgehead atoms. The maximum absolute atomic E-state index is 5.90. The second-order valence-corrected chi connectivity index (χ2v) is 9.97. The van der Waals surface area contributed by atoms with Crippen LogP contribution in [0.5, 0.6) is 0 Å². The molecule has 1 aromatic carbocycles. The number of thiocarbonyl (C=S) groups is 1. The molecule has 0 aliphatic carbocycles. The van der Waals surface area contributed by atoms with Crippen molar-refractivity contribution in [3.63, 3.8) is 0 Å². The second kappa shape index (κ2) is 8.26. The Labute approximate surface area is 165 Å². The van der Waals surface area contributed by atoms with E-state index in [-0.39, 0.29) is 17.1 Å². The Morgan fingerprint density at radius 1 is 1.12 bits per heavy atom. The van der Waals surface area contributed by atoms with Crippen molar-refractivity contribution in [2.45, 2.75) is 84.5 Å². The molecule has 0 amide bonds. The minimum absolute atomic E-state index is 0.114. The van der Waals surface area contributed by atoms with Gasteiger partial charge in [-0.25, -0.2) is 0 Å². The van der Waals surface area contributed by atoms with Gasteiger partial charge in [0.1, 0.15) is 0 Å². The largest absolute Gasteiger partial charge is 0.360 e. The van der Waals surface area contributed by atoms with Crippen LogP contribution in [0.25, 0.3) is 0 Å². The lowest BCUT2D eigenvalue weighted by Crippen LogP contribution is -2.63. The van der Waals surface area contributed by atoms with E-state index in [1.54, 1.807) is 0 Å². The number of piperidine rings is 1. The molecule has 26 heavy (non-hydrogen) atoms. The molecule has 1 aliphatic heterocycles. The Balaban J connectivity index is 2.14. The summed E-state index contributed by atoms with van der Waals surface area (Å²) in [4.78, 5) is 2.36. The van der Waals surface area contributed by atoms with E-state index >= 15 is 0 Å². The Kier molecular flexibility index (Phi) is 6.73. The van der Waals surface area contributed by atoms with Crippen molar-refractivity contribution in [3.8, 4) is 0 Å². The van der Waals surface area contributed by atoms with Gasteiger partial charge in [0.2, 0.25) is 0 Å². The summed E-state index contributed by atoms with van der Waals surface area (Å²) < 4.78 is 0. The molecule has 0 saturated carbocycles. The molecule has 2 rings (SSSR count). The molecule has 0 aromatic heterocycles. The zero-order chi connectivity index (χ0) is 19.5. The highest BCUT2D eigenvalue weighted by atomic mass is 32.1. The lowest BCUT2D eigenvalue weighted by Gasteiger charge is -2.47. The van der Waals surface area contributed by atoms with Gasteiger partial charge in [-0.2, -0.15) is 0 Å². The molecule has 0 spiro atoms. The van der Waals surface area contributed by atoms with Crippen molar-refractivity contribution in [1.82, 2.24) is 15.5 Å². The lowest BCUT2D eigenvalue weighted by molar-refractivity contribution is 0.152. The summed E-state index contributed by atoms with van der Waals surface area (Å²) in [5.74, 6) is 0.557. The fourth-order valence-corrected chi connectivity index (χ4v) is 4.80. The first kappa shape index (κ1) is 21.2. The molecule has 1 saturated heterocycles. The Morgan fingerprint density at radius 2 is 1.65 bits per heavy atom. The van der Waals surface area contributed by atoms with E-state index in [4.69, 9.17) is 12.2 Å².